The van der Waals surface area contributed by atoms with E-state index in [9.17, 15) is 18.3 Å². The second-order valence-electron chi connectivity index (χ2n) is 3.91. The van der Waals surface area contributed by atoms with Gasteiger partial charge in [-0.2, -0.15) is 13.2 Å². The minimum Gasteiger partial charge on any atom is -0.389 e. The van der Waals surface area contributed by atoms with E-state index in [-0.39, 0.29) is 32.4 Å². The second kappa shape index (κ2) is 8.68. The highest BCUT2D eigenvalue weighted by Crippen LogP contribution is 2.13. The summed E-state index contributed by atoms with van der Waals surface area (Å²) in [5.41, 5.74) is 0. The van der Waals surface area contributed by atoms with Gasteiger partial charge in [-0.1, -0.05) is 0 Å². The van der Waals surface area contributed by atoms with Gasteiger partial charge < -0.3 is 19.9 Å². The zero-order chi connectivity index (χ0) is 13.3. The average Bonchev–Trinajstić information content (AvgIpc) is 2.18. The Morgan fingerprint density at radius 2 is 1.94 bits per heavy atom. The molecule has 7 heteroatoms. The van der Waals surface area contributed by atoms with Gasteiger partial charge in [0.1, 0.15) is 6.61 Å². The molecule has 0 aliphatic rings. The SMILES string of the molecule is CC(C)OCC(O)CNCCOCC(F)(F)F. The molecule has 0 aromatic heterocycles. The predicted octanol–water partition coefficient (Wildman–Crippen LogP) is 0.941. The van der Waals surface area contributed by atoms with Crippen molar-refractivity contribution in [2.45, 2.75) is 32.2 Å². The maximum atomic E-state index is 11.7. The average molecular weight is 259 g/mol. The largest absolute Gasteiger partial charge is 0.411 e. The molecule has 0 aliphatic carbocycles. The minimum atomic E-state index is -4.29. The summed E-state index contributed by atoms with van der Waals surface area (Å²) in [6.07, 6.45) is -4.91. The molecule has 0 bridgehead atoms. The van der Waals surface area contributed by atoms with E-state index in [1.165, 1.54) is 0 Å². The fourth-order valence-electron chi connectivity index (χ4n) is 0.963. The van der Waals surface area contributed by atoms with Gasteiger partial charge in [0.05, 0.1) is 25.4 Å². The molecule has 2 N–H and O–H groups in total. The normalized spacial score (nSPS) is 14.3. The lowest BCUT2D eigenvalue weighted by Gasteiger charge is -2.14. The van der Waals surface area contributed by atoms with Crippen molar-refractivity contribution in [3.8, 4) is 0 Å². The van der Waals surface area contributed by atoms with Crippen molar-refractivity contribution >= 4 is 0 Å². The minimum absolute atomic E-state index is 0.0415. The van der Waals surface area contributed by atoms with E-state index >= 15 is 0 Å². The standard InChI is InChI=1S/C10H20F3NO3/c1-8(2)17-6-9(15)5-14-3-4-16-7-10(11,12)13/h8-9,14-15H,3-7H2,1-2H3. The lowest BCUT2D eigenvalue weighted by atomic mass is 10.3. The first kappa shape index (κ1) is 16.6. The quantitative estimate of drug-likeness (QED) is 0.605. The Morgan fingerprint density at radius 3 is 2.47 bits per heavy atom. The van der Waals surface area contributed by atoms with E-state index in [1.807, 2.05) is 13.8 Å². The Labute approximate surface area is 99.1 Å². The van der Waals surface area contributed by atoms with Crippen LogP contribution in [0.25, 0.3) is 0 Å². The van der Waals surface area contributed by atoms with Crippen LogP contribution in [0.5, 0.6) is 0 Å². The number of aliphatic hydroxyl groups excluding tert-OH is 1. The summed E-state index contributed by atoms with van der Waals surface area (Å²) in [6, 6.07) is 0. The van der Waals surface area contributed by atoms with Crippen LogP contribution in [0.15, 0.2) is 0 Å². The van der Waals surface area contributed by atoms with Crippen molar-refractivity contribution in [3.05, 3.63) is 0 Å². The molecule has 0 spiro atoms. The van der Waals surface area contributed by atoms with E-state index in [2.05, 4.69) is 10.1 Å². The van der Waals surface area contributed by atoms with Crippen LogP contribution in [0, 0.1) is 0 Å². The number of nitrogens with one attached hydrogen (secondary N) is 1. The van der Waals surface area contributed by atoms with Gasteiger partial charge in [-0.15, -0.1) is 0 Å². The first-order valence-corrected chi connectivity index (χ1v) is 5.46. The Balaban J connectivity index is 3.28. The molecule has 0 rings (SSSR count). The fraction of sp³-hybridized carbons (Fsp3) is 1.00. The smallest absolute Gasteiger partial charge is 0.389 e. The molecule has 1 unspecified atom stereocenters. The molecule has 4 nitrogen and oxygen atoms in total. The Hall–Kier alpha value is -0.370. The third-order valence-corrected chi connectivity index (χ3v) is 1.69. The molecular weight excluding hydrogens is 239 g/mol. The van der Waals surface area contributed by atoms with Gasteiger partial charge in [0.2, 0.25) is 0 Å². The molecule has 0 radical (unpaired) electrons. The number of alkyl halides is 3. The van der Waals surface area contributed by atoms with Gasteiger partial charge in [0, 0.05) is 13.1 Å². The van der Waals surface area contributed by atoms with Crippen molar-refractivity contribution in [3.63, 3.8) is 0 Å². The van der Waals surface area contributed by atoms with Gasteiger partial charge in [0.15, 0.2) is 0 Å². The van der Waals surface area contributed by atoms with Gasteiger partial charge in [0.25, 0.3) is 0 Å². The Kier molecular flexibility index (Phi) is 8.49. The van der Waals surface area contributed by atoms with Crippen molar-refractivity contribution in [1.82, 2.24) is 5.32 Å². The van der Waals surface area contributed by atoms with E-state index in [1.54, 1.807) is 0 Å². The van der Waals surface area contributed by atoms with Crippen molar-refractivity contribution < 1.29 is 27.8 Å². The van der Waals surface area contributed by atoms with Crippen LogP contribution in [0.2, 0.25) is 0 Å². The summed E-state index contributed by atoms with van der Waals surface area (Å²) in [5.74, 6) is 0. The number of ether oxygens (including phenoxy) is 2. The van der Waals surface area contributed by atoms with E-state index in [4.69, 9.17) is 4.74 Å². The number of halogens is 3. The molecule has 0 aromatic carbocycles. The Bertz CT molecular complexity index is 188. The highest BCUT2D eigenvalue weighted by molar-refractivity contribution is 4.59. The van der Waals surface area contributed by atoms with Crippen molar-refractivity contribution in [2.75, 3.05) is 32.9 Å². The van der Waals surface area contributed by atoms with Crippen molar-refractivity contribution in [1.29, 1.82) is 0 Å². The molecule has 0 saturated heterocycles. The van der Waals surface area contributed by atoms with Crippen LogP contribution >= 0.6 is 0 Å². The molecule has 0 aromatic rings. The van der Waals surface area contributed by atoms with Crippen LogP contribution in [-0.4, -0.2) is 56.4 Å². The number of aliphatic hydroxyl groups is 1. The first-order chi connectivity index (χ1) is 7.81. The molecule has 0 aliphatic heterocycles. The Morgan fingerprint density at radius 1 is 1.29 bits per heavy atom. The molecule has 17 heavy (non-hydrogen) atoms. The monoisotopic (exact) mass is 259 g/mol. The van der Waals surface area contributed by atoms with Gasteiger partial charge in [-0.25, -0.2) is 0 Å². The third kappa shape index (κ3) is 13.6. The molecule has 0 amide bonds. The van der Waals surface area contributed by atoms with Crippen LogP contribution < -0.4 is 5.32 Å². The molecule has 1 atom stereocenters. The fourth-order valence-corrected chi connectivity index (χ4v) is 0.963. The highest BCUT2D eigenvalue weighted by atomic mass is 19.4. The van der Waals surface area contributed by atoms with E-state index in [0.717, 1.165) is 0 Å². The molecule has 104 valence electrons. The summed E-state index contributed by atoms with van der Waals surface area (Å²) < 4.78 is 44.5. The number of rotatable bonds is 9. The van der Waals surface area contributed by atoms with Crippen LogP contribution in [0.4, 0.5) is 13.2 Å². The second-order valence-corrected chi connectivity index (χ2v) is 3.91. The highest BCUT2D eigenvalue weighted by Gasteiger charge is 2.27. The lowest BCUT2D eigenvalue weighted by Crippen LogP contribution is -2.33. The maximum absolute atomic E-state index is 11.7. The number of hydrogen-bond acceptors (Lipinski definition) is 4. The molecular formula is C10H20F3NO3. The third-order valence-electron chi connectivity index (χ3n) is 1.69. The predicted molar refractivity (Wildman–Crippen MR) is 56.8 cm³/mol. The van der Waals surface area contributed by atoms with E-state index in [0.29, 0.717) is 0 Å². The summed E-state index contributed by atoms with van der Waals surface area (Å²) in [6.45, 7) is 3.15. The molecule has 0 heterocycles. The van der Waals surface area contributed by atoms with Gasteiger partial charge in [-0.05, 0) is 13.8 Å². The van der Waals surface area contributed by atoms with Crippen LogP contribution in [0.3, 0.4) is 0 Å². The van der Waals surface area contributed by atoms with Crippen LogP contribution in [0.1, 0.15) is 13.8 Å². The maximum Gasteiger partial charge on any atom is 0.411 e. The topological polar surface area (TPSA) is 50.7 Å². The summed E-state index contributed by atoms with van der Waals surface area (Å²) >= 11 is 0. The number of hydrogen-bond donors (Lipinski definition) is 2. The zero-order valence-electron chi connectivity index (χ0n) is 10.1. The summed E-state index contributed by atoms with van der Waals surface area (Å²) in [5, 5.41) is 12.1. The molecule has 0 saturated carbocycles. The zero-order valence-corrected chi connectivity index (χ0v) is 10.1. The summed E-state index contributed by atoms with van der Waals surface area (Å²) in [4.78, 5) is 0. The van der Waals surface area contributed by atoms with E-state index < -0.39 is 18.9 Å². The van der Waals surface area contributed by atoms with Crippen molar-refractivity contribution in [2.24, 2.45) is 0 Å². The van der Waals surface area contributed by atoms with Gasteiger partial charge >= 0.3 is 6.18 Å². The summed E-state index contributed by atoms with van der Waals surface area (Å²) in [7, 11) is 0. The first-order valence-electron chi connectivity index (χ1n) is 5.46. The van der Waals surface area contributed by atoms with Gasteiger partial charge in [-0.3, -0.25) is 0 Å². The lowest BCUT2D eigenvalue weighted by molar-refractivity contribution is -0.173. The molecule has 0 fully saturated rings. The van der Waals surface area contributed by atoms with Crippen LogP contribution in [-0.2, 0) is 9.47 Å².